The van der Waals surface area contributed by atoms with Gasteiger partial charge in [-0.05, 0) is 54.9 Å². The van der Waals surface area contributed by atoms with Crippen molar-refractivity contribution in [3.63, 3.8) is 0 Å². The van der Waals surface area contributed by atoms with Gasteiger partial charge in [-0.1, -0.05) is 69.9 Å². The molecule has 116 valence electrons. The molecule has 3 aliphatic rings. The minimum atomic E-state index is 0.738. The summed E-state index contributed by atoms with van der Waals surface area (Å²) < 4.78 is 0. The zero-order chi connectivity index (χ0) is 15.0. The quantitative estimate of drug-likeness (QED) is 0.481. The molecule has 3 rings (SSSR count). The van der Waals surface area contributed by atoms with E-state index in [0.29, 0.717) is 0 Å². The van der Waals surface area contributed by atoms with Crippen molar-refractivity contribution in [3.05, 3.63) is 34.9 Å². The summed E-state index contributed by atoms with van der Waals surface area (Å²) in [6.45, 7) is 9.47. The van der Waals surface area contributed by atoms with Crippen molar-refractivity contribution in [2.24, 2.45) is 29.6 Å². The van der Waals surface area contributed by atoms with Gasteiger partial charge in [0.25, 0.3) is 0 Å². The second-order valence-electron chi connectivity index (χ2n) is 7.49. The lowest BCUT2D eigenvalue weighted by Gasteiger charge is -2.21. The van der Waals surface area contributed by atoms with E-state index in [4.69, 9.17) is 0 Å². The van der Waals surface area contributed by atoms with Crippen molar-refractivity contribution < 1.29 is 0 Å². The second kappa shape index (κ2) is 6.15. The third kappa shape index (κ3) is 2.91. The molecule has 21 heavy (non-hydrogen) atoms. The van der Waals surface area contributed by atoms with E-state index in [-0.39, 0.29) is 0 Å². The molecule has 0 N–H and O–H groups in total. The molecule has 0 aromatic rings. The predicted molar refractivity (Wildman–Crippen MR) is 92.1 cm³/mol. The van der Waals surface area contributed by atoms with Gasteiger partial charge < -0.3 is 0 Å². The zero-order valence-corrected chi connectivity index (χ0v) is 14.4. The van der Waals surface area contributed by atoms with Crippen LogP contribution in [0.4, 0.5) is 0 Å². The largest absolute Gasteiger partial charge is 0.0805 e. The average molecular weight is 284 g/mol. The van der Waals surface area contributed by atoms with Gasteiger partial charge in [0.05, 0.1) is 0 Å². The Hall–Kier alpha value is -0.780. The van der Waals surface area contributed by atoms with Gasteiger partial charge in [-0.15, -0.1) is 0 Å². The third-order valence-corrected chi connectivity index (χ3v) is 6.28. The average Bonchev–Trinajstić information content (AvgIpc) is 3.39. The maximum Gasteiger partial charge on any atom is 0.00482 e. The Balaban J connectivity index is 1.61. The maximum absolute atomic E-state index is 2.57. The molecule has 0 aromatic heterocycles. The van der Waals surface area contributed by atoms with Crippen LogP contribution in [-0.2, 0) is 0 Å². The number of hydrogen-bond acceptors (Lipinski definition) is 0. The first kappa shape index (κ1) is 15.1. The topological polar surface area (TPSA) is 0 Å². The van der Waals surface area contributed by atoms with Crippen LogP contribution in [0.5, 0.6) is 0 Å². The van der Waals surface area contributed by atoms with Crippen LogP contribution < -0.4 is 0 Å². The van der Waals surface area contributed by atoms with E-state index in [0.717, 1.165) is 29.6 Å². The van der Waals surface area contributed by atoms with E-state index in [2.05, 4.69) is 45.9 Å². The van der Waals surface area contributed by atoms with Gasteiger partial charge in [0, 0.05) is 5.92 Å². The van der Waals surface area contributed by atoms with Crippen LogP contribution in [0, 0.1) is 29.6 Å². The highest BCUT2D eigenvalue weighted by Crippen LogP contribution is 2.55. The van der Waals surface area contributed by atoms with Crippen LogP contribution in [0.25, 0.3) is 0 Å². The highest BCUT2D eigenvalue weighted by atomic mass is 14.5. The lowest BCUT2D eigenvalue weighted by Crippen LogP contribution is -2.09. The van der Waals surface area contributed by atoms with Crippen LogP contribution in [0.2, 0.25) is 0 Å². The standard InChI is InChI=1S/C21H32/c1-5-8-17-13-20(17)19(7-3)15-9-11-16(12-10-15)21-14(4)18(21)6-2/h9-11,14,16,18-19,21H,5-8,12-13H2,1-4H3. The Morgan fingerprint density at radius 3 is 2.57 bits per heavy atom. The fourth-order valence-electron chi connectivity index (χ4n) is 4.92. The molecule has 0 heteroatoms. The first-order valence-corrected chi connectivity index (χ1v) is 9.30. The SMILES string of the molecule is CCCC1=C(C(CC)C2=CCC(C3C(C)C3CC)C=C2)C1. The van der Waals surface area contributed by atoms with Gasteiger partial charge in [0.1, 0.15) is 0 Å². The van der Waals surface area contributed by atoms with Crippen LogP contribution >= 0.6 is 0 Å². The Labute approximate surface area is 131 Å². The molecular formula is C21H32. The smallest absolute Gasteiger partial charge is 0.00482 e. The van der Waals surface area contributed by atoms with E-state index in [1.165, 1.54) is 38.5 Å². The zero-order valence-electron chi connectivity index (χ0n) is 14.4. The van der Waals surface area contributed by atoms with Crippen molar-refractivity contribution >= 4 is 0 Å². The van der Waals surface area contributed by atoms with Gasteiger partial charge in [-0.2, -0.15) is 0 Å². The van der Waals surface area contributed by atoms with Gasteiger partial charge in [0.2, 0.25) is 0 Å². The molecule has 0 bridgehead atoms. The lowest BCUT2D eigenvalue weighted by molar-refractivity contribution is 0.506. The van der Waals surface area contributed by atoms with Gasteiger partial charge in [0.15, 0.2) is 0 Å². The molecule has 0 spiro atoms. The van der Waals surface area contributed by atoms with Gasteiger partial charge >= 0.3 is 0 Å². The first-order valence-electron chi connectivity index (χ1n) is 9.30. The molecule has 0 nitrogen and oxygen atoms in total. The summed E-state index contributed by atoms with van der Waals surface area (Å²) in [4.78, 5) is 0. The molecule has 0 aliphatic heterocycles. The predicted octanol–water partition coefficient (Wildman–Crippen LogP) is 6.31. The summed E-state index contributed by atoms with van der Waals surface area (Å²) in [5.41, 5.74) is 5.17. The van der Waals surface area contributed by atoms with E-state index in [1.807, 2.05) is 0 Å². The highest BCUT2D eigenvalue weighted by molar-refractivity contribution is 5.44. The van der Waals surface area contributed by atoms with Crippen molar-refractivity contribution in [1.82, 2.24) is 0 Å². The summed E-state index contributed by atoms with van der Waals surface area (Å²) in [5, 5.41) is 0. The van der Waals surface area contributed by atoms with Crippen molar-refractivity contribution in [2.75, 3.05) is 0 Å². The van der Waals surface area contributed by atoms with E-state index < -0.39 is 0 Å². The minimum Gasteiger partial charge on any atom is -0.0805 e. The number of rotatable bonds is 7. The van der Waals surface area contributed by atoms with Crippen LogP contribution in [0.3, 0.4) is 0 Å². The fraction of sp³-hybridized carbons (Fsp3) is 0.714. The Bertz CT molecular complexity index is 476. The number of allylic oxidation sites excluding steroid dienone is 6. The molecule has 0 radical (unpaired) electrons. The summed E-state index contributed by atoms with van der Waals surface area (Å²) in [7, 11) is 0. The molecule has 1 fully saturated rings. The van der Waals surface area contributed by atoms with E-state index in [9.17, 15) is 0 Å². The molecular weight excluding hydrogens is 252 g/mol. The minimum absolute atomic E-state index is 0.738. The van der Waals surface area contributed by atoms with Gasteiger partial charge in [-0.25, -0.2) is 0 Å². The summed E-state index contributed by atoms with van der Waals surface area (Å²) >= 11 is 0. The fourth-order valence-corrected chi connectivity index (χ4v) is 4.92. The van der Waals surface area contributed by atoms with Crippen LogP contribution in [-0.4, -0.2) is 0 Å². The summed E-state index contributed by atoms with van der Waals surface area (Å²) in [5.74, 6) is 4.50. The molecule has 3 aliphatic carbocycles. The Morgan fingerprint density at radius 2 is 2.05 bits per heavy atom. The van der Waals surface area contributed by atoms with Gasteiger partial charge in [-0.3, -0.25) is 0 Å². The number of hydrogen-bond donors (Lipinski definition) is 0. The van der Waals surface area contributed by atoms with Crippen LogP contribution in [0.15, 0.2) is 34.9 Å². The third-order valence-electron chi connectivity index (χ3n) is 6.28. The molecule has 0 amide bonds. The van der Waals surface area contributed by atoms with E-state index >= 15 is 0 Å². The van der Waals surface area contributed by atoms with Crippen molar-refractivity contribution in [3.8, 4) is 0 Å². The molecule has 5 atom stereocenters. The van der Waals surface area contributed by atoms with Crippen LogP contribution in [0.1, 0.15) is 66.2 Å². The maximum atomic E-state index is 2.57. The monoisotopic (exact) mass is 284 g/mol. The molecule has 0 aromatic carbocycles. The molecule has 0 heterocycles. The van der Waals surface area contributed by atoms with Crippen molar-refractivity contribution in [1.29, 1.82) is 0 Å². The Morgan fingerprint density at radius 1 is 1.24 bits per heavy atom. The molecule has 5 unspecified atom stereocenters. The van der Waals surface area contributed by atoms with E-state index in [1.54, 1.807) is 16.7 Å². The molecule has 1 saturated carbocycles. The summed E-state index contributed by atoms with van der Waals surface area (Å²) in [6.07, 6.45) is 15.5. The highest BCUT2D eigenvalue weighted by Gasteiger charge is 2.48. The Kier molecular flexibility index (Phi) is 4.43. The van der Waals surface area contributed by atoms with Crippen molar-refractivity contribution in [2.45, 2.75) is 66.2 Å². The normalized spacial score (nSPS) is 35.7. The second-order valence-corrected chi connectivity index (χ2v) is 7.49. The summed E-state index contributed by atoms with van der Waals surface area (Å²) in [6, 6.07) is 0. The lowest BCUT2D eigenvalue weighted by atomic mass is 9.84. The molecule has 0 saturated heterocycles. The first-order chi connectivity index (χ1) is 10.2.